The van der Waals surface area contributed by atoms with Crippen molar-refractivity contribution in [1.82, 2.24) is 4.90 Å². The Kier molecular flexibility index (Phi) is 5.52. The number of hydrogen-bond acceptors (Lipinski definition) is 3. The highest BCUT2D eigenvalue weighted by Crippen LogP contribution is 2.37. The van der Waals surface area contributed by atoms with Crippen molar-refractivity contribution < 1.29 is 14.3 Å². The molecule has 0 N–H and O–H groups in total. The molecule has 0 bridgehead atoms. The molecular weight excluding hydrogens is 350 g/mol. The van der Waals surface area contributed by atoms with Gasteiger partial charge in [0.25, 0.3) is 0 Å². The number of halogens is 1. The number of fused-ring (bicyclic) bond motifs is 1. The van der Waals surface area contributed by atoms with Crippen molar-refractivity contribution in [3.8, 4) is 11.5 Å². The van der Waals surface area contributed by atoms with Gasteiger partial charge in [-0.3, -0.25) is 4.79 Å². The first-order valence-electron chi connectivity index (χ1n) is 8.52. The minimum Gasteiger partial charge on any atom is -0.493 e. The smallest absolute Gasteiger partial charge is 0.247 e. The standard InChI is InChI=1S/C21H22ClNO3/c1-14-18-13-20(26-3)19(25-2)12-16(18)9-10-23(14)21(24)8-7-15-5-4-6-17(22)11-15/h4-8,11-14H,9-10H2,1-3H3. The summed E-state index contributed by atoms with van der Waals surface area (Å²) in [5.41, 5.74) is 3.19. The van der Waals surface area contributed by atoms with E-state index in [2.05, 4.69) is 0 Å². The second-order valence-corrected chi connectivity index (χ2v) is 6.69. The van der Waals surface area contributed by atoms with Gasteiger partial charge in [0.1, 0.15) is 0 Å². The van der Waals surface area contributed by atoms with Crippen molar-refractivity contribution in [3.63, 3.8) is 0 Å². The number of methoxy groups -OCH3 is 2. The molecule has 1 atom stereocenters. The quantitative estimate of drug-likeness (QED) is 0.742. The Morgan fingerprint density at radius 2 is 1.92 bits per heavy atom. The van der Waals surface area contributed by atoms with E-state index >= 15 is 0 Å². The third-order valence-electron chi connectivity index (χ3n) is 4.74. The largest absolute Gasteiger partial charge is 0.493 e. The van der Waals surface area contributed by atoms with Gasteiger partial charge in [0.15, 0.2) is 11.5 Å². The lowest BCUT2D eigenvalue weighted by atomic mass is 9.92. The van der Waals surface area contributed by atoms with Gasteiger partial charge in [0.2, 0.25) is 5.91 Å². The van der Waals surface area contributed by atoms with Crippen molar-refractivity contribution >= 4 is 23.6 Å². The summed E-state index contributed by atoms with van der Waals surface area (Å²) in [6.07, 6.45) is 4.19. The Balaban J connectivity index is 1.82. The fourth-order valence-corrected chi connectivity index (χ4v) is 3.52. The van der Waals surface area contributed by atoms with Crippen LogP contribution < -0.4 is 9.47 Å². The fourth-order valence-electron chi connectivity index (χ4n) is 3.32. The first-order chi connectivity index (χ1) is 12.5. The van der Waals surface area contributed by atoms with Crippen molar-refractivity contribution in [2.45, 2.75) is 19.4 Å². The average Bonchev–Trinajstić information content (AvgIpc) is 2.65. The summed E-state index contributed by atoms with van der Waals surface area (Å²) >= 11 is 5.99. The SMILES string of the molecule is COc1cc2c(cc1OC)C(C)N(C(=O)C=Cc1cccc(Cl)c1)CC2. The Morgan fingerprint density at radius 1 is 1.19 bits per heavy atom. The summed E-state index contributed by atoms with van der Waals surface area (Å²) < 4.78 is 10.8. The van der Waals surface area contributed by atoms with Crippen molar-refractivity contribution in [2.75, 3.05) is 20.8 Å². The molecule has 0 saturated carbocycles. The number of ether oxygens (including phenoxy) is 2. The number of benzene rings is 2. The van der Waals surface area contributed by atoms with E-state index in [4.69, 9.17) is 21.1 Å². The lowest BCUT2D eigenvalue weighted by Crippen LogP contribution is -2.37. The third-order valence-corrected chi connectivity index (χ3v) is 4.97. The normalized spacial score (nSPS) is 16.5. The highest BCUT2D eigenvalue weighted by molar-refractivity contribution is 6.30. The summed E-state index contributed by atoms with van der Waals surface area (Å²) in [5, 5.41) is 0.654. The lowest BCUT2D eigenvalue weighted by molar-refractivity contribution is -0.128. The molecule has 1 heterocycles. The highest BCUT2D eigenvalue weighted by atomic mass is 35.5. The molecule has 26 heavy (non-hydrogen) atoms. The zero-order chi connectivity index (χ0) is 18.7. The minimum absolute atomic E-state index is 0.0158. The first kappa shape index (κ1) is 18.3. The number of carbonyl (C=O) groups is 1. The Morgan fingerprint density at radius 3 is 2.62 bits per heavy atom. The molecule has 0 fully saturated rings. The molecule has 1 unspecified atom stereocenters. The van der Waals surface area contributed by atoms with Gasteiger partial charge in [-0.05, 0) is 60.4 Å². The topological polar surface area (TPSA) is 38.8 Å². The van der Waals surface area contributed by atoms with E-state index in [1.807, 2.05) is 48.2 Å². The van der Waals surface area contributed by atoms with Crippen LogP contribution in [-0.4, -0.2) is 31.6 Å². The second kappa shape index (κ2) is 7.83. The van der Waals surface area contributed by atoms with E-state index in [0.717, 1.165) is 23.3 Å². The average molecular weight is 372 g/mol. The van der Waals surface area contributed by atoms with Crippen LogP contribution >= 0.6 is 11.6 Å². The van der Waals surface area contributed by atoms with Crippen LogP contribution in [0.5, 0.6) is 11.5 Å². The molecule has 1 amide bonds. The molecule has 4 nitrogen and oxygen atoms in total. The minimum atomic E-state index is -0.0323. The van der Waals surface area contributed by atoms with Crippen molar-refractivity contribution in [2.24, 2.45) is 0 Å². The van der Waals surface area contributed by atoms with E-state index in [0.29, 0.717) is 17.3 Å². The molecule has 0 spiro atoms. The number of nitrogens with zero attached hydrogens (tertiary/aromatic N) is 1. The summed E-state index contributed by atoms with van der Waals surface area (Å²) in [4.78, 5) is 14.6. The maximum atomic E-state index is 12.7. The Bertz CT molecular complexity index is 847. The predicted molar refractivity (Wildman–Crippen MR) is 104 cm³/mol. The second-order valence-electron chi connectivity index (χ2n) is 6.25. The van der Waals surface area contributed by atoms with Gasteiger partial charge >= 0.3 is 0 Å². The van der Waals surface area contributed by atoms with Crippen molar-refractivity contribution in [3.05, 3.63) is 64.2 Å². The summed E-state index contributed by atoms with van der Waals surface area (Å²) in [7, 11) is 3.25. The number of rotatable bonds is 4. The van der Waals surface area contributed by atoms with Gasteiger partial charge in [-0.1, -0.05) is 23.7 Å². The van der Waals surface area contributed by atoms with E-state index in [9.17, 15) is 4.79 Å². The molecule has 0 saturated heterocycles. The monoisotopic (exact) mass is 371 g/mol. The first-order valence-corrected chi connectivity index (χ1v) is 8.90. The molecule has 2 aromatic carbocycles. The number of carbonyl (C=O) groups excluding carboxylic acids is 1. The fraction of sp³-hybridized carbons (Fsp3) is 0.286. The van der Waals surface area contributed by atoms with Crippen LogP contribution in [0.1, 0.15) is 29.7 Å². The van der Waals surface area contributed by atoms with Gasteiger partial charge < -0.3 is 14.4 Å². The molecule has 1 aliphatic rings. The molecule has 2 aromatic rings. The number of hydrogen-bond donors (Lipinski definition) is 0. The van der Waals surface area contributed by atoms with Crippen molar-refractivity contribution in [1.29, 1.82) is 0 Å². The van der Waals surface area contributed by atoms with Crippen LogP contribution in [0.2, 0.25) is 5.02 Å². The van der Waals surface area contributed by atoms with Gasteiger partial charge in [-0.15, -0.1) is 0 Å². The third kappa shape index (κ3) is 3.70. The molecule has 136 valence electrons. The maximum Gasteiger partial charge on any atom is 0.247 e. The van der Waals surface area contributed by atoms with E-state index in [1.54, 1.807) is 26.4 Å². The number of amides is 1. The molecule has 0 radical (unpaired) electrons. The van der Waals surface area contributed by atoms with E-state index in [1.165, 1.54) is 5.56 Å². The molecule has 3 rings (SSSR count). The molecule has 1 aliphatic heterocycles. The zero-order valence-corrected chi connectivity index (χ0v) is 15.9. The van der Waals surface area contributed by atoms with Crippen LogP contribution in [0.15, 0.2) is 42.5 Å². The van der Waals surface area contributed by atoms with Crippen LogP contribution in [0.3, 0.4) is 0 Å². The highest BCUT2D eigenvalue weighted by Gasteiger charge is 2.28. The maximum absolute atomic E-state index is 12.7. The summed E-state index contributed by atoms with van der Waals surface area (Å²) in [6.45, 7) is 2.71. The van der Waals surface area contributed by atoms with Crippen LogP contribution in [0.25, 0.3) is 6.08 Å². The van der Waals surface area contributed by atoms with Gasteiger partial charge in [-0.25, -0.2) is 0 Å². The molecular formula is C21H22ClNO3. The molecule has 0 aliphatic carbocycles. The summed E-state index contributed by atoms with van der Waals surface area (Å²) in [5.74, 6) is 1.39. The van der Waals surface area contributed by atoms with Gasteiger partial charge in [-0.2, -0.15) is 0 Å². The summed E-state index contributed by atoms with van der Waals surface area (Å²) in [6, 6.07) is 11.4. The predicted octanol–water partition coefficient (Wildman–Crippen LogP) is 4.52. The van der Waals surface area contributed by atoms with Gasteiger partial charge in [0.05, 0.1) is 20.3 Å². The van der Waals surface area contributed by atoms with Crippen LogP contribution in [0.4, 0.5) is 0 Å². The lowest BCUT2D eigenvalue weighted by Gasteiger charge is -2.35. The van der Waals surface area contributed by atoms with Crippen LogP contribution in [-0.2, 0) is 11.2 Å². The molecule has 0 aromatic heterocycles. The Hall–Kier alpha value is -2.46. The van der Waals surface area contributed by atoms with Gasteiger partial charge in [0, 0.05) is 17.6 Å². The van der Waals surface area contributed by atoms with Crippen LogP contribution in [0, 0.1) is 0 Å². The Labute approximate surface area is 159 Å². The zero-order valence-electron chi connectivity index (χ0n) is 15.2. The molecule has 5 heteroatoms. The van der Waals surface area contributed by atoms with E-state index in [-0.39, 0.29) is 11.9 Å². The van der Waals surface area contributed by atoms with E-state index < -0.39 is 0 Å².